The summed E-state index contributed by atoms with van der Waals surface area (Å²) in [5.74, 6) is -56.5. The topological polar surface area (TPSA) is 0 Å². The fourth-order valence-electron chi connectivity index (χ4n) is 4.10. The van der Waals surface area contributed by atoms with Crippen LogP contribution in [0.4, 0.5) is 79.0 Å². The van der Waals surface area contributed by atoms with Crippen molar-refractivity contribution in [2.45, 2.75) is 64.1 Å². The largest absolute Gasteiger partial charge is 0.379 e. The zero-order valence-corrected chi connectivity index (χ0v) is 12.3. The predicted octanol–water partition coefficient (Wildman–Crippen LogP) is 5.31. The zero-order valence-electron chi connectivity index (χ0n) is 12.3. The number of hydrogen-bond donors (Lipinski definition) is 0. The molecular formula is C11F18. The van der Waals surface area contributed by atoms with Crippen molar-refractivity contribution in [2.24, 2.45) is 0 Å². The van der Waals surface area contributed by atoms with Crippen LogP contribution in [-0.4, -0.2) is 64.1 Å². The van der Waals surface area contributed by atoms with Crippen molar-refractivity contribution in [1.29, 1.82) is 0 Å². The maximum absolute atomic E-state index is 14.6. The first-order chi connectivity index (χ1) is 12.2. The lowest BCUT2D eigenvalue weighted by molar-refractivity contribution is -0.357. The number of hydrogen-bond acceptors (Lipinski definition) is 0. The Labute approximate surface area is 144 Å². The fourth-order valence-corrected chi connectivity index (χ4v) is 4.10. The molecule has 0 heterocycles. The van der Waals surface area contributed by atoms with Crippen molar-refractivity contribution in [2.75, 3.05) is 0 Å². The lowest BCUT2D eigenvalue weighted by atomic mass is 9.76. The summed E-state index contributed by atoms with van der Waals surface area (Å²) < 4.78 is 247. The summed E-state index contributed by atoms with van der Waals surface area (Å²) in [6, 6.07) is 0. The van der Waals surface area contributed by atoms with Gasteiger partial charge in [0.25, 0.3) is 22.7 Å². The summed E-state index contributed by atoms with van der Waals surface area (Å²) in [6.45, 7) is 0. The Kier molecular flexibility index (Phi) is 3.27. The van der Waals surface area contributed by atoms with E-state index in [2.05, 4.69) is 0 Å². The average molecular weight is 474 g/mol. The van der Waals surface area contributed by atoms with Crippen LogP contribution in [0.5, 0.6) is 0 Å². The molecule has 4 atom stereocenters. The van der Waals surface area contributed by atoms with E-state index in [9.17, 15) is 79.0 Å². The van der Waals surface area contributed by atoms with Gasteiger partial charge in [-0.15, -0.1) is 0 Å². The van der Waals surface area contributed by atoms with E-state index in [0.29, 0.717) is 0 Å². The van der Waals surface area contributed by atoms with E-state index >= 15 is 0 Å². The van der Waals surface area contributed by atoms with Gasteiger partial charge in [0, 0.05) is 0 Å². The van der Waals surface area contributed by atoms with Crippen molar-refractivity contribution in [3.63, 3.8) is 0 Å². The van der Waals surface area contributed by atoms with Crippen LogP contribution in [0.2, 0.25) is 0 Å². The Morgan fingerprint density at radius 2 is 0.345 bits per heavy atom. The molecule has 0 aromatic rings. The van der Waals surface area contributed by atoms with Gasteiger partial charge in [-0.1, -0.05) is 0 Å². The molecule has 3 saturated carbocycles. The fraction of sp³-hybridized carbons (Fsp3) is 1.00. The van der Waals surface area contributed by atoms with Crippen LogP contribution in [0, 0.1) is 0 Å². The highest BCUT2D eigenvalue weighted by Gasteiger charge is 3.24. The molecule has 0 aromatic carbocycles. The van der Waals surface area contributed by atoms with Gasteiger partial charge in [-0.2, -0.15) is 61.5 Å². The second-order valence-corrected chi connectivity index (χ2v) is 6.65. The average Bonchev–Trinajstić information content (AvgIpc) is 2.70. The second kappa shape index (κ2) is 4.23. The summed E-state index contributed by atoms with van der Waals surface area (Å²) >= 11 is 0. The second-order valence-electron chi connectivity index (χ2n) is 6.65. The highest BCUT2D eigenvalue weighted by molar-refractivity contribution is 5.56. The summed E-state index contributed by atoms with van der Waals surface area (Å²) in [6.07, 6.45) is 0. The van der Waals surface area contributed by atoms with Crippen LogP contribution in [-0.2, 0) is 0 Å². The quantitative estimate of drug-likeness (QED) is 0.418. The summed E-state index contributed by atoms with van der Waals surface area (Å²) in [7, 11) is 0. The molecule has 3 aliphatic carbocycles. The highest BCUT2D eigenvalue weighted by atomic mass is 19.4. The van der Waals surface area contributed by atoms with Crippen LogP contribution >= 0.6 is 0 Å². The van der Waals surface area contributed by atoms with Gasteiger partial charge in [-0.25, -0.2) is 17.6 Å². The van der Waals surface area contributed by atoms with Gasteiger partial charge >= 0.3 is 41.5 Å². The molecule has 170 valence electrons. The molecule has 3 rings (SSSR count). The highest BCUT2D eigenvalue weighted by Crippen LogP contribution is 2.89. The van der Waals surface area contributed by atoms with Crippen molar-refractivity contribution in [1.82, 2.24) is 0 Å². The first kappa shape index (κ1) is 22.4. The van der Waals surface area contributed by atoms with Crippen LogP contribution in [0.1, 0.15) is 0 Å². The lowest BCUT2D eigenvalue weighted by Crippen LogP contribution is -2.72. The van der Waals surface area contributed by atoms with E-state index in [1.54, 1.807) is 0 Å². The summed E-state index contributed by atoms with van der Waals surface area (Å²) in [5, 5.41) is 0. The van der Waals surface area contributed by atoms with Gasteiger partial charge < -0.3 is 0 Å². The number of fused-ring (bicyclic) bond motifs is 3. The third kappa shape index (κ3) is 1.22. The molecule has 0 nitrogen and oxygen atoms in total. The molecule has 0 amide bonds. The summed E-state index contributed by atoms with van der Waals surface area (Å²) in [4.78, 5) is 0. The molecular weight excluding hydrogens is 474 g/mol. The monoisotopic (exact) mass is 474 g/mol. The molecule has 3 aliphatic rings. The first-order valence-electron chi connectivity index (χ1n) is 6.65. The Morgan fingerprint density at radius 3 is 0.552 bits per heavy atom. The molecule has 0 aliphatic heterocycles. The van der Waals surface area contributed by atoms with E-state index in [0.717, 1.165) is 0 Å². The first-order valence-corrected chi connectivity index (χ1v) is 6.65. The van der Waals surface area contributed by atoms with Crippen molar-refractivity contribution < 1.29 is 79.0 Å². The zero-order chi connectivity index (χ0) is 23.5. The van der Waals surface area contributed by atoms with Crippen LogP contribution in [0.15, 0.2) is 0 Å². The van der Waals surface area contributed by atoms with E-state index in [4.69, 9.17) is 0 Å². The minimum Gasteiger partial charge on any atom is -0.229 e. The van der Waals surface area contributed by atoms with Crippen molar-refractivity contribution in [3.8, 4) is 0 Å². The molecule has 0 radical (unpaired) electrons. The van der Waals surface area contributed by atoms with Gasteiger partial charge in [0.2, 0.25) is 0 Å². The molecule has 0 saturated heterocycles. The maximum atomic E-state index is 14.6. The van der Waals surface area contributed by atoms with Crippen LogP contribution < -0.4 is 0 Å². The number of halogens is 18. The lowest BCUT2D eigenvalue weighted by Gasteiger charge is -2.40. The van der Waals surface area contributed by atoms with Crippen molar-refractivity contribution >= 4 is 0 Å². The van der Waals surface area contributed by atoms with Crippen LogP contribution in [0.3, 0.4) is 0 Å². The van der Waals surface area contributed by atoms with Gasteiger partial charge in [-0.05, 0) is 0 Å². The standard InChI is InChI=1S/C11F18/c12-1-2(13)4(15,9(24,25)11(28,29)7(2,20)21)5(16,17)3(1,14)8(22,23)10(26,27)6(1,18)19. The normalized spacial score (nSPS) is 51.5. The number of rotatable bonds is 0. The molecule has 0 N–H and O–H groups in total. The smallest absolute Gasteiger partial charge is 0.229 e. The molecule has 0 aromatic heterocycles. The van der Waals surface area contributed by atoms with Crippen LogP contribution in [0.25, 0.3) is 0 Å². The van der Waals surface area contributed by atoms with Gasteiger partial charge in [0.1, 0.15) is 0 Å². The molecule has 4 unspecified atom stereocenters. The van der Waals surface area contributed by atoms with E-state index in [1.165, 1.54) is 0 Å². The molecule has 0 bridgehead atoms. The van der Waals surface area contributed by atoms with Crippen molar-refractivity contribution in [3.05, 3.63) is 0 Å². The Bertz CT molecular complexity index is 734. The Balaban J connectivity index is 2.68. The van der Waals surface area contributed by atoms with E-state index in [-0.39, 0.29) is 0 Å². The SMILES string of the molecule is FC1(F)C(F)(F)C2(F)C(F)(F)C3(F)C(F)(F)C(F)(F)C(F)(F)C3(F)C2(F)C1(F)F. The maximum Gasteiger partial charge on any atom is 0.379 e. The third-order valence-electron chi connectivity index (χ3n) is 5.60. The Hall–Kier alpha value is -1.26. The van der Waals surface area contributed by atoms with E-state index < -0.39 is 64.1 Å². The number of alkyl halides is 18. The molecule has 29 heavy (non-hydrogen) atoms. The molecule has 0 spiro atoms. The minimum absolute atomic E-state index is 7.89. The third-order valence-corrected chi connectivity index (χ3v) is 5.60. The Morgan fingerprint density at radius 1 is 0.172 bits per heavy atom. The van der Waals surface area contributed by atoms with E-state index in [1.807, 2.05) is 0 Å². The summed E-state index contributed by atoms with van der Waals surface area (Å²) in [5.41, 5.74) is -33.0. The molecule has 18 heteroatoms. The van der Waals surface area contributed by atoms with Gasteiger partial charge in [0.05, 0.1) is 0 Å². The predicted molar refractivity (Wildman–Crippen MR) is 50.0 cm³/mol. The van der Waals surface area contributed by atoms with Gasteiger partial charge in [0.15, 0.2) is 0 Å². The van der Waals surface area contributed by atoms with Gasteiger partial charge in [-0.3, -0.25) is 0 Å². The minimum atomic E-state index is -8.32. The molecule has 3 fully saturated rings.